The van der Waals surface area contributed by atoms with Gasteiger partial charge in [0.25, 0.3) is 11.5 Å². The van der Waals surface area contributed by atoms with Crippen molar-refractivity contribution in [3.05, 3.63) is 28.2 Å². The molecule has 2 rings (SSSR count). The molecule has 2 amide bonds. The summed E-state index contributed by atoms with van der Waals surface area (Å²) in [6.07, 6.45) is 2.11. The molecule has 1 atom stereocenters. The molecule has 0 radical (unpaired) electrons. The number of imide groups is 1. The van der Waals surface area contributed by atoms with Crippen molar-refractivity contribution >= 4 is 18.1 Å². The van der Waals surface area contributed by atoms with E-state index in [0.717, 1.165) is 10.7 Å². The molecule has 88 valence electrons. The van der Waals surface area contributed by atoms with Gasteiger partial charge in [-0.15, -0.1) is 0 Å². The van der Waals surface area contributed by atoms with E-state index in [2.05, 4.69) is 10.4 Å². The van der Waals surface area contributed by atoms with Gasteiger partial charge in [0.2, 0.25) is 5.91 Å². The summed E-state index contributed by atoms with van der Waals surface area (Å²) < 4.78 is 0.981. The maximum absolute atomic E-state index is 11.6. The predicted octanol–water partition coefficient (Wildman–Crippen LogP) is -0.966. The number of amides is 2. The Morgan fingerprint density at radius 2 is 2.18 bits per heavy atom. The quantitative estimate of drug-likeness (QED) is 0.525. The van der Waals surface area contributed by atoms with Crippen molar-refractivity contribution in [3.63, 3.8) is 0 Å². The molecule has 1 aliphatic heterocycles. The second kappa shape index (κ2) is 4.28. The number of rotatable bonds is 2. The standard InChI is InChI=1S/C10H9N3O4/c14-5-6-3-9(16)13(11-4-6)7-1-2-8(15)12-10(7)17/h3-5,7H,1-2H2,(H,12,15,17). The first-order valence-corrected chi connectivity index (χ1v) is 4.99. The summed E-state index contributed by atoms with van der Waals surface area (Å²) in [5, 5.41) is 5.89. The lowest BCUT2D eigenvalue weighted by molar-refractivity contribution is -0.136. The fourth-order valence-corrected chi connectivity index (χ4v) is 1.65. The van der Waals surface area contributed by atoms with Crippen molar-refractivity contribution in [3.8, 4) is 0 Å². The van der Waals surface area contributed by atoms with E-state index in [9.17, 15) is 19.2 Å². The highest BCUT2D eigenvalue weighted by Crippen LogP contribution is 2.15. The van der Waals surface area contributed by atoms with Crippen LogP contribution < -0.4 is 10.9 Å². The van der Waals surface area contributed by atoms with Gasteiger partial charge in [-0.3, -0.25) is 24.5 Å². The second-order valence-corrected chi connectivity index (χ2v) is 3.66. The van der Waals surface area contributed by atoms with Gasteiger partial charge in [0, 0.05) is 18.1 Å². The van der Waals surface area contributed by atoms with Crippen molar-refractivity contribution < 1.29 is 14.4 Å². The van der Waals surface area contributed by atoms with Crippen LogP contribution in [0.3, 0.4) is 0 Å². The number of hydrogen-bond acceptors (Lipinski definition) is 5. The lowest BCUT2D eigenvalue weighted by Crippen LogP contribution is -2.45. The van der Waals surface area contributed by atoms with Gasteiger partial charge in [-0.1, -0.05) is 0 Å². The summed E-state index contributed by atoms with van der Waals surface area (Å²) in [6, 6.07) is 0.310. The normalized spacial score (nSPS) is 19.9. The monoisotopic (exact) mass is 235 g/mol. The topological polar surface area (TPSA) is 98.1 Å². The van der Waals surface area contributed by atoms with Crippen LogP contribution in [0.5, 0.6) is 0 Å². The van der Waals surface area contributed by atoms with Crippen molar-refractivity contribution in [2.45, 2.75) is 18.9 Å². The minimum absolute atomic E-state index is 0.151. The van der Waals surface area contributed by atoms with Crippen LogP contribution in [0.15, 0.2) is 17.1 Å². The van der Waals surface area contributed by atoms with Gasteiger partial charge in [0.1, 0.15) is 6.04 Å². The zero-order chi connectivity index (χ0) is 12.4. The van der Waals surface area contributed by atoms with Crippen LogP contribution in [0.4, 0.5) is 0 Å². The van der Waals surface area contributed by atoms with E-state index in [1.807, 2.05) is 0 Å². The maximum Gasteiger partial charge on any atom is 0.268 e. The van der Waals surface area contributed by atoms with Crippen LogP contribution in [-0.2, 0) is 9.59 Å². The van der Waals surface area contributed by atoms with Crippen LogP contribution in [0.2, 0.25) is 0 Å². The van der Waals surface area contributed by atoms with Crippen LogP contribution in [0.1, 0.15) is 29.2 Å². The highest BCUT2D eigenvalue weighted by molar-refractivity contribution is 5.99. The van der Waals surface area contributed by atoms with Gasteiger partial charge in [0.15, 0.2) is 6.29 Å². The molecule has 1 fully saturated rings. The molecular formula is C10H9N3O4. The van der Waals surface area contributed by atoms with Gasteiger partial charge in [0.05, 0.1) is 6.20 Å². The average Bonchev–Trinajstić information content (AvgIpc) is 2.30. The minimum atomic E-state index is -0.791. The molecule has 7 nitrogen and oxygen atoms in total. The summed E-state index contributed by atoms with van der Waals surface area (Å²) in [5.41, 5.74) is -0.386. The largest absolute Gasteiger partial charge is 0.298 e. The van der Waals surface area contributed by atoms with Gasteiger partial charge < -0.3 is 0 Å². The van der Waals surface area contributed by atoms with Gasteiger partial charge in [-0.2, -0.15) is 5.10 Å². The molecule has 1 aromatic rings. The summed E-state index contributed by atoms with van der Waals surface area (Å²) in [4.78, 5) is 44.5. The molecule has 1 aromatic heterocycles. The molecule has 17 heavy (non-hydrogen) atoms. The lowest BCUT2D eigenvalue weighted by atomic mass is 10.1. The Balaban J connectivity index is 2.34. The predicted molar refractivity (Wildman–Crippen MR) is 55.3 cm³/mol. The number of aromatic nitrogens is 2. The van der Waals surface area contributed by atoms with Crippen LogP contribution in [0.25, 0.3) is 0 Å². The average molecular weight is 235 g/mol. The number of nitrogens with one attached hydrogen (secondary N) is 1. The fraction of sp³-hybridized carbons (Fsp3) is 0.300. The minimum Gasteiger partial charge on any atom is -0.298 e. The molecule has 0 aromatic carbocycles. The Morgan fingerprint density at radius 1 is 1.41 bits per heavy atom. The zero-order valence-corrected chi connectivity index (χ0v) is 8.75. The summed E-state index contributed by atoms with van der Waals surface area (Å²) in [6.45, 7) is 0. The van der Waals surface area contributed by atoms with Crippen molar-refractivity contribution in [2.24, 2.45) is 0 Å². The van der Waals surface area contributed by atoms with E-state index >= 15 is 0 Å². The Labute approximate surface area is 95.4 Å². The molecule has 0 bridgehead atoms. The Morgan fingerprint density at radius 3 is 2.76 bits per heavy atom. The van der Waals surface area contributed by atoms with E-state index < -0.39 is 17.5 Å². The van der Waals surface area contributed by atoms with Gasteiger partial charge >= 0.3 is 0 Å². The molecule has 1 N–H and O–H groups in total. The van der Waals surface area contributed by atoms with E-state index in [1.165, 1.54) is 6.20 Å². The SMILES string of the molecule is O=Cc1cnn(C2CCC(=O)NC2=O)c(=O)c1. The van der Waals surface area contributed by atoms with Crippen molar-refractivity contribution in [2.75, 3.05) is 0 Å². The van der Waals surface area contributed by atoms with Crippen molar-refractivity contribution in [1.82, 2.24) is 15.1 Å². The molecule has 0 spiro atoms. The number of hydrogen-bond donors (Lipinski definition) is 1. The molecule has 0 aliphatic carbocycles. The van der Waals surface area contributed by atoms with E-state index in [0.29, 0.717) is 6.29 Å². The first-order valence-electron chi connectivity index (χ1n) is 4.99. The Bertz CT molecular complexity index is 549. The number of carbonyl (C=O) groups is 3. The van der Waals surface area contributed by atoms with E-state index in [4.69, 9.17) is 0 Å². The third kappa shape index (κ3) is 2.12. The van der Waals surface area contributed by atoms with Crippen LogP contribution in [-0.4, -0.2) is 27.9 Å². The molecule has 1 saturated heterocycles. The first kappa shape index (κ1) is 11.2. The smallest absolute Gasteiger partial charge is 0.268 e. The molecule has 1 unspecified atom stereocenters. The lowest BCUT2D eigenvalue weighted by Gasteiger charge is -2.21. The van der Waals surface area contributed by atoms with Gasteiger partial charge in [-0.05, 0) is 6.42 Å². The fourth-order valence-electron chi connectivity index (χ4n) is 1.65. The Kier molecular flexibility index (Phi) is 2.82. The zero-order valence-electron chi connectivity index (χ0n) is 8.75. The van der Waals surface area contributed by atoms with Crippen LogP contribution >= 0.6 is 0 Å². The Hall–Kier alpha value is -2.31. The summed E-state index contributed by atoms with van der Waals surface area (Å²) in [7, 11) is 0. The number of carbonyl (C=O) groups excluding carboxylic acids is 3. The highest BCUT2D eigenvalue weighted by atomic mass is 16.2. The second-order valence-electron chi connectivity index (χ2n) is 3.66. The number of piperidine rings is 1. The summed E-state index contributed by atoms with van der Waals surface area (Å²) >= 11 is 0. The molecule has 7 heteroatoms. The maximum atomic E-state index is 11.6. The van der Waals surface area contributed by atoms with Gasteiger partial charge in [-0.25, -0.2) is 4.68 Å². The third-order valence-electron chi connectivity index (χ3n) is 2.49. The summed E-state index contributed by atoms with van der Waals surface area (Å²) in [5.74, 6) is -0.904. The van der Waals surface area contributed by atoms with E-state index in [1.54, 1.807) is 0 Å². The molecular weight excluding hydrogens is 226 g/mol. The third-order valence-corrected chi connectivity index (χ3v) is 2.49. The molecule has 1 aliphatic rings. The van der Waals surface area contributed by atoms with Crippen molar-refractivity contribution in [1.29, 1.82) is 0 Å². The molecule has 2 heterocycles. The first-order chi connectivity index (χ1) is 8.11. The van der Waals surface area contributed by atoms with Crippen LogP contribution in [0, 0.1) is 0 Å². The highest BCUT2D eigenvalue weighted by Gasteiger charge is 2.29. The molecule has 0 saturated carbocycles. The van der Waals surface area contributed by atoms with E-state index in [-0.39, 0.29) is 24.3 Å². The number of aldehydes is 1. The number of nitrogens with zero attached hydrogens (tertiary/aromatic N) is 2.